The highest BCUT2D eigenvalue weighted by molar-refractivity contribution is 7.17. The van der Waals surface area contributed by atoms with Crippen LogP contribution in [0.3, 0.4) is 0 Å². The standard InChI is InChI=1S/C18H24N4O2S/c1-5-12(4)21-18-20-10-15(25-18)17(24)22-14-9-13(8-7-11(14)3)16(23)19-6-2/h7-10,12H,5-6H2,1-4H3,(H,19,23)(H,20,21)(H,22,24)/t12-/m1/s1. The highest BCUT2D eigenvalue weighted by atomic mass is 32.1. The molecule has 0 aliphatic rings. The van der Waals surface area contributed by atoms with E-state index in [-0.39, 0.29) is 11.8 Å². The second kappa shape index (κ2) is 8.62. The van der Waals surface area contributed by atoms with E-state index in [2.05, 4.69) is 34.8 Å². The van der Waals surface area contributed by atoms with Gasteiger partial charge in [0.15, 0.2) is 5.13 Å². The van der Waals surface area contributed by atoms with Gasteiger partial charge in [-0.25, -0.2) is 4.98 Å². The molecule has 0 saturated heterocycles. The van der Waals surface area contributed by atoms with E-state index in [0.717, 1.165) is 17.1 Å². The second-order valence-corrected chi connectivity index (χ2v) is 6.86. The third-order valence-corrected chi connectivity index (χ3v) is 4.72. The number of aromatic nitrogens is 1. The smallest absolute Gasteiger partial charge is 0.267 e. The molecule has 2 amide bonds. The molecule has 0 bridgehead atoms. The lowest BCUT2D eigenvalue weighted by Crippen LogP contribution is -2.23. The van der Waals surface area contributed by atoms with Crippen molar-refractivity contribution in [1.82, 2.24) is 10.3 Å². The van der Waals surface area contributed by atoms with Crippen molar-refractivity contribution in [2.24, 2.45) is 0 Å². The number of carbonyl (C=O) groups excluding carboxylic acids is 2. The normalized spacial score (nSPS) is 11.7. The topological polar surface area (TPSA) is 83.1 Å². The molecule has 1 aromatic heterocycles. The van der Waals surface area contributed by atoms with Gasteiger partial charge >= 0.3 is 0 Å². The summed E-state index contributed by atoms with van der Waals surface area (Å²) >= 11 is 1.31. The summed E-state index contributed by atoms with van der Waals surface area (Å²) in [7, 11) is 0. The Kier molecular flexibility index (Phi) is 6.52. The summed E-state index contributed by atoms with van der Waals surface area (Å²) in [4.78, 5) is 29.2. The summed E-state index contributed by atoms with van der Waals surface area (Å²) < 4.78 is 0. The van der Waals surface area contributed by atoms with E-state index in [1.54, 1.807) is 18.3 Å². The fourth-order valence-electron chi connectivity index (χ4n) is 2.10. The summed E-state index contributed by atoms with van der Waals surface area (Å²) in [5.41, 5.74) is 2.04. The number of nitrogens with one attached hydrogen (secondary N) is 3. The largest absolute Gasteiger partial charge is 0.359 e. The highest BCUT2D eigenvalue weighted by Gasteiger charge is 2.14. The number of carbonyl (C=O) groups is 2. The van der Waals surface area contributed by atoms with E-state index in [1.165, 1.54) is 11.3 Å². The molecule has 2 rings (SSSR count). The van der Waals surface area contributed by atoms with Gasteiger partial charge in [-0.1, -0.05) is 24.3 Å². The number of aryl methyl sites for hydroxylation is 1. The number of rotatable bonds is 7. The summed E-state index contributed by atoms with van der Waals surface area (Å²) in [6.45, 7) is 8.46. The second-order valence-electron chi connectivity index (χ2n) is 5.83. The Balaban J connectivity index is 2.12. The van der Waals surface area contributed by atoms with Gasteiger partial charge in [0.05, 0.1) is 6.20 Å². The Bertz CT molecular complexity index is 757. The Morgan fingerprint density at radius 1 is 1.24 bits per heavy atom. The third kappa shape index (κ3) is 5.03. The molecule has 3 N–H and O–H groups in total. The number of anilines is 2. The average molecular weight is 360 g/mol. The van der Waals surface area contributed by atoms with Crippen LogP contribution >= 0.6 is 11.3 Å². The van der Waals surface area contributed by atoms with Crippen molar-refractivity contribution >= 4 is 34.0 Å². The third-order valence-electron chi connectivity index (χ3n) is 3.80. The number of nitrogens with zero attached hydrogens (tertiary/aromatic N) is 1. The molecule has 0 aliphatic heterocycles. The highest BCUT2D eigenvalue weighted by Crippen LogP contribution is 2.22. The van der Waals surface area contributed by atoms with Crippen molar-refractivity contribution < 1.29 is 9.59 Å². The van der Waals surface area contributed by atoms with Crippen LogP contribution in [0.15, 0.2) is 24.4 Å². The maximum Gasteiger partial charge on any atom is 0.267 e. The Morgan fingerprint density at radius 2 is 2.00 bits per heavy atom. The molecule has 7 heteroatoms. The lowest BCUT2D eigenvalue weighted by atomic mass is 10.1. The molecular weight excluding hydrogens is 336 g/mol. The van der Waals surface area contributed by atoms with Crippen LogP contribution in [0.2, 0.25) is 0 Å². The van der Waals surface area contributed by atoms with Crippen molar-refractivity contribution in [2.45, 2.75) is 40.2 Å². The van der Waals surface area contributed by atoms with Crippen LogP contribution in [-0.2, 0) is 0 Å². The molecule has 0 spiro atoms. The lowest BCUT2D eigenvalue weighted by Gasteiger charge is -2.10. The minimum absolute atomic E-state index is 0.157. The van der Waals surface area contributed by atoms with Crippen LogP contribution in [0.4, 0.5) is 10.8 Å². The number of hydrogen-bond donors (Lipinski definition) is 3. The number of hydrogen-bond acceptors (Lipinski definition) is 5. The molecule has 0 fully saturated rings. The van der Waals surface area contributed by atoms with E-state index in [0.29, 0.717) is 28.7 Å². The molecule has 6 nitrogen and oxygen atoms in total. The number of amides is 2. The number of benzene rings is 1. The Morgan fingerprint density at radius 3 is 2.68 bits per heavy atom. The molecule has 134 valence electrons. The SMILES string of the molecule is CCNC(=O)c1ccc(C)c(NC(=O)c2cnc(N[C@H](C)CC)s2)c1. The summed E-state index contributed by atoms with van der Waals surface area (Å²) in [6, 6.07) is 5.56. The van der Waals surface area contributed by atoms with E-state index in [9.17, 15) is 9.59 Å². The predicted molar refractivity (Wildman–Crippen MR) is 103 cm³/mol. The molecule has 2 aromatic rings. The van der Waals surface area contributed by atoms with Crippen molar-refractivity contribution in [3.63, 3.8) is 0 Å². The maximum atomic E-state index is 12.5. The van der Waals surface area contributed by atoms with Crippen molar-refractivity contribution in [3.05, 3.63) is 40.4 Å². The molecule has 25 heavy (non-hydrogen) atoms. The van der Waals surface area contributed by atoms with Crippen molar-refractivity contribution in [2.75, 3.05) is 17.2 Å². The van der Waals surface area contributed by atoms with Gasteiger partial charge in [0.2, 0.25) is 0 Å². The molecule has 1 heterocycles. The summed E-state index contributed by atoms with van der Waals surface area (Å²) in [6.07, 6.45) is 2.54. The van der Waals surface area contributed by atoms with E-state index in [1.807, 2.05) is 19.9 Å². The van der Waals surface area contributed by atoms with Gasteiger partial charge in [0, 0.05) is 23.8 Å². The van der Waals surface area contributed by atoms with Gasteiger partial charge in [0.25, 0.3) is 11.8 Å². The Labute approximate surface area is 152 Å². The van der Waals surface area contributed by atoms with Crippen molar-refractivity contribution in [1.29, 1.82) is 0 Å². The average Bonchev–Trinajstić information content (AvgIpc) is 3.05. The first kappa shape index (κ1) is 18.9. The summed E-state index contributed by atoms with van der Waals surface area (Å²) in [5.74, 6) is -0.387. The van der Waals surface area contributed by atoms with Gasteiger partial charge in [-0.05, 0) is 44.9 Å². The van der Waals surface area contributed by atoms with Crippen LogP contribution in [0, 0.1) is 6.92 Å². The molecule has 0 radical (unpaired) electrons. The molecule has 1 aromatic carbocycles. The molecule has 0 saturated carbocycles. The van der Waals surface area contributed by atoms with Gasteiger partial charge in [0.1, 0.15) is 4.88 Å². The van der Waals surface area contributed by atoms with E-state index < -0.39 is 0 Å². The van der Waals surface area contributed by atoms with Crippen molar-refractivity contribution in [3.8, 4) is 0 Å². The van der Waals surface area contributed by atoms with Crippen LogP contribution in [0.25, 0.3) is 0 Å². The maximum absolute atomic E-state index is 12.5. The van der Waals surface area contributed by atoms with Crippen LogP contribution in [0.1, 0.15) is 52.8 Å². The zero-order chi connectivity index (χ0) is 18.4. The molecule has 0 aliphatic carbocycles. The minimum Gasteiger partial charge on any atom is -0.359 e. The van der Waals surface area contributed by atoms with Crippen LogP contribution < -0.4 is 16.0 Å². The summed E-state index contributed by atoms with van der Waals surface area (Å²) in [5, 5.41) is 9.60. The van der Waals surface area contributed by atoms with Gasteiger partial charge in [-0.3, -0.25) is 9.59 Å². The molecule has 1 atom stereocenters. The van der Waals surface area contributed by atoms with E-state index >= 15 is 0 Å². The van der Waals surface area contributed by atoms with Gasteiger partial charge in [-0.15, -0.1) is 0 Å². The first-order valence-electron chi connectivity index (χ1n) is 8.37. The van der Waals surface area contributed by atoms with Gasteiger partial charge in [-0.2, -0.15) is 0 Å². The first-order chi connectivity index (χ1) is 11.9. The zero-order valence-electron chi connectivity index (χ0n) is 15.0. The van der Waals surface area contributed by atoms with Crippen LogP contribution in [-0.4, -0.2) is 29.4 Å². The first-order valence-corrected chi connectivity index (χ1v) is 9.18. The monoisotopic (exact) mass is 360 g/mol. The fraction of sp³-hybridized carbons (Fsp3) is 0.389. The van der Waals surface area contributed by atoms with Gasteiger partial charge < -0.3 is 16.0 Å². The minimum atomic E-state index is -0.231. The lowest BCUT2D eigenvalue weighted by molar-refractivity contribution is 0.0954. The van der Waals surface area contributed by atoms with Crippen LogP contribution in [0.5, 0.6) is 0 Å². The number of thiazole rings is 1. The predicted octanol–water partition coefficient (Wildman–Crippen LogP) is 3.66. The Hall–Kier alpha value is -2.41. The molecule has 0 unspecified atom stereocenters. The van der Waals surface area contributed by atoms with E-state index in [4.69, 9.17) is 0 Å². The quantitative estimate of drug-likeness (QED) is 0.703. The fourth-order valence-corrected chi connectivity index (χ4v) is 2.93. The zero-order valence-corrected chi connectivity index (χ0v) is 15.8. The molecular formula is C18H24N4O2S.